The highest BCUT2D eigenvalue weighted by molar-refractivity contribution is 7.88. The number of hydrogen-bond acceptors (Lipinski definition) is 6. The molecule has 0 saturated carbocycles. The third-order valence-electron chi connectivity index (χ3n) is 5.49. The summed E-state index contributed by atoms with van der Waals surface area (Å²) in [4.78, 5) is 11.1. The van der Waals surface area contributed by atoms with E-state index < -0.39 is 10.0 Å². The number of pyridine rings is 1. The van der Waals surface area contributed by atoms with Gasteiger partial charge in [0, 0.05) is 32.4 Å². The number of aromatic nitrogens is 2. The van der Waals surface area contributed by atoms with Gasteiger partial charge in [-0.3, -0.25) is 4.98 Å². The maximum atomic E-state index is 12.8. The van der Waals surface area contributed by atoms with E-state index in [2.05, 4.69) is 9.88 Å². The normalized spacial score (nSPS) is 23.2. The van der Waals surface area contributed by atoms with Crippen LogP contribution < -0.4 is 4.90 Å². The third-order valence-corrected chi connectivity index (χ3v) is 8.37. The molecule has 2 saturated heterocycles. The number of anilines is 1. The molecule has 2 fully saturated rings. The van der Waals surface area contributed by atoms with Crippen molar-refractivity contribution in [3.05, 3.63) is 54.4 Å². The Hall–Kier alpha value is -2.03. The third kappa shape index (κ3) is 3.22. The molecule has 8 heteroatoms. The first kappa shape index (κ1) is 17.1. The van der Waals surface area contributed by atoms with Crippen molar-refractivity contribution in [1.29, 1.82) is 0 Å². The summed E-state index contributed by atoms with van der Waals surface area (Å²) in [6.45, 7) is 2.97. The van der Waals surface area contributed by atoms with Crippen molar-refractivity contribution in [2.24, 2.45) is 11.8 Å². The molecule has 4 heterocycles. The van der Waals surface area contributed by atoms with Crippen LogP contribution in [0.25, 0.3) is 10.2 Å². The minimum atomic E-state index is -3.26. The zero-order valence-corrected chi connectivity index (χ0v) is 16.4. The van der Waals surface area contributed by atoms with Crippen LogP contribution in [-0.2, 0) is 15.8 Å². The van der Waals surface area contributed by atoms with Crippen molar-refractivity contribution in [2.75, 3.05) is 31.1 Å². The molecule has 0 N–H and O–H groups in total. The standard InChI is InChI=1S/C19H20N4O2S2/c24-27(25,13-14-4-2-1-3-5-14)23-11-15-9-22(10-16(15)12-23)19-21-17-8-20-7-6-18(17)26-19/h1-8,15-16H,9-13H2. The summed E-state index contributed by atoms with van der Waals surface area (Å²) in [6.07, 6.45) is 3.59. The molecule has 0 aliphatic carbocycles. The summed E-state index contributed by atoms with van der Waals surface area (Å²) in [5.74, 6) is 0.836. The number of benzene rings is 1. The molecule has 2 atom stereocenters. The van der Waals surface area contributed by atoms with Crippen molar-refractivity contribution >= 4 is 36.7 Å². The second-order valence-electron chi connectivity index (χ2n) is 7.32. The van der Waals surface area contributed by atoms with Crippen LogP contribution in [0.3, 0.4) is 0 Å². The van der Waals surface area contributed by atoms with Crippen molar-refractivity contribution in [1.82, 2.24) is 14.3 Å². The largest absolute Gasteiger partial charge is 0.347 e. The molecule has 5 rings (SSSR count). The molecular weight excluding hydrogens is 380 g/mol. The van der Waals surface area contributed by atoms with E-state index in [-0.39, 0.29) is 5.75 Å². The van der Waals surface area contributed by atoms with E-state index in [1.54, 1.807) is 28.0 Å². The SMILES string of the molecule is O=S(=O)(Cc1ccccc1)N1CC2CN(c3nc4cnccc4s3)CC2C1. The number of rotatable bonds is 4. The molecule has 0 radical (unpaired) electrons. The van der Waals surface area contributed by atoms with Crippen LogP contribution >= 0.6 is 11.3 Å². The summed E-state index contributed by atoms with van der Waals surface area (Å²) in [7, 11) is -3.26. The summed E-state index contributed by atoms with van der Waals surface area (Å²) in [5, 5.41) is 1.02. The highest BCUT2D eigenvalue weighted by Gasteiger charge is 2.44. The molecule has 1 aromatic carbocycles. The van der Waals surface area contributed by atoms with Gasteiger partial charge in [0.05, 0.1) is 16.6 Å². The van der Waals surface area contributed by atoms with Gasteiger partial charge in [0.1, 0.15) is 5.52 Å². The van der Waals surface area contributed by atoms with Crippen molar-refractivity contribution in [2.45, 2.75) is 5.75 Å². The fraction of sp³-hybridized carbons (Fsp3) is 0.368. The van der Waals surface area contributed by atoms with Gasteiger partial charge in [-0.25, -0.2) is 17.7 Å². The Bertz CT molecular complexity index is 1020. The maximum Gasteiger partial charge on any atom is 0.218 e. The van der Waals surface area contributed by atoms with Crippen molar-refractivity contribution in [3.63, 3.8) is 0 Å². The number of sulfonamides is 1. The Morgan fingerprint density at radius 2 is 1.78 bits per heavy atom. The maximum absolute atomic E-state index is 12.8. The van der Waals surface area contributed by atoms with Gasteiger partial charge < -0.3 is 4.90 Å². The minimum Gasteiger partial charge on any atom is -0.347 e. The summed E-state index contributed by atoms with van der Waals surface area (Å²) >= 11 is 1.68. The van der Waals surface area contributed by atoms with Crippen LogP contribution in [0.15, 0.2) is 48.8 Å². The van der Waals surface area contributed by atoms with E-state index in [0.29, 0.717) is 24.9 Å². The van der Waals surface area contributed by atoms with Crippen LogP contribution in [-0.4, -0.2) is 48.9 Å². The van der Waals surface area contributed by atoms with E-state index in [1.165, 1.54) is 0 Å². The molecule has 0 amide bonds. The second-order valence-corrected chi connectivity index (χ2v) is 10.3. The van der Waals surface area contributed by atoms with Crippen LogP contribution in [0.5, 0.6) is 0 Å². The Labute approximate surface area is 162 Å². The lowest BCUT2D eigenvalue weighted by molar-refractivity contribution is 0.452. The number of thiazole rings is 1. The van der Waals surface area contributed by atoms with E-state index in [1.807, 2.05) is 36.4 Å². The zero-order chi connectivity index (χ0) is 18.4. The van der Waals surface area contributed by atoms with Gasteiger partial charge in [-0.05, 0) is 23.5 Å². The quantitative estimate of drug-likeness (QED) is 0.673. The van der Waals surface area contributed by atoms with E-state index in [9.17, 15) is 8.42 Å². The smallest absolute Gasteiger partial charge is 0.218 e. The van der Waals surface area contributed by atoms with Gasteiger partial charge >= 0.3 is 0 Å². The van der Waals surface area contributed by atoms with Gasteiger partial charge in [0.25, 0.3) is 0 Å². The fourth-order valence-electron chi connectivity index (χ4n) is 4.11. The summed E-state index contributed by atoms with van der Waals surface area (Å²) in [6, 6.07) is 11.4. The predicted octanol–water partition coefficient (Wildman–Crippen LogP) is 2.59. The van der Waals surface area contributed by atoms with Crippen LogP contribution in [0, 0.1) is 11.8 Å². The summed E-state index contributed by atoms with van der Waals surface area (Å²) in [5.41, 5.74) is 1.78. The molecular formula is C19H20N4O2S2. The molecule has 2 aromatic heterocycles. The topological polar surface area (TPSA) is 66.4 Å². The van der Waals surface area contributed by atoms with Gasteiger partial charge in [0.15, 0.2) is 5.13 Å². The van der Waals surface area contributed by atoms with E-state index in [0.717, 1.165) is 34.0 Å². The van der Waals surface area contributed by atoms with Crippen molar-refractivity contribution in [3.8, 4) is 0 Å². The van der Waals surface area contributed by atoms with Gasteiger partial charge in [-0.2, -0.15) is 0 Å². The molecule has 0 bridgehead atoms. The lowest BCUT2D eigenvalue weighted by Gasteiger charge is -2.21. The Kier molecular flexibility index (Phi) is 4.14. The average Bonchev–Trinajstić information content (AvgIpc) is 3.34. The molecule has 6 nitrogen and oxygen atoms in total. The first-order valence-electron chi connectivity index (χ1n) is 9.06. The molecule has 2 aliphatic heterocycles. The van der Waals surface area contributed by atoms with Crippen LogP contribution in [0.2, 0.25) is 0 Å². The lowest BCUT2D eigenvalue weighted by atomic mass is 10.0. The number of hydrogen-bond donors (Lipinski definition) is 0. The van der Waals surface area contributed by atoms with Gasteiger partial charge in [-0.1, -0.05) is 41.7 Å². The minimum absolute atomic E-state index is 0.0852. The van der Waals surface area contributed by atoms with Gasteiger partial charge in [0.2, 0.25) is 10.0 Å². The van der Waals surface area contributed by atoms with Gasteiger partial charge in [-0.15, -0.1) is 0 Å². The Morgan fingerprint density at radius 1 is 1.04 bits per heavy atom. The predicted molar refractivity (Wildman–Crippen MR) is 107 cm³/mol. The molecule has 140 valence electrons. The highest BCUT2D eigenvalue weighted by Crippen LogP contribution is 2.38. The highest BCUT2D eigenvalue weighted by atomic mass is 32.2. The first-order chi connectivity index (χ1) is 13.1. The summed E-state index contributed by atoms with van der Waals surface area (Å²) < 4.78 is 28.4. The fourth-order valence-corrected chi connectivity index (χ4v) is 6.70. The molecule has 27 heavy (non-hydrogen) atoms. The zero-order valence-electron chi connectivity index (χ0n) is 14.7. The first-order valence-corrected chi connectivity index (χ1v) is 11.5. The van der Waals surface area contributed by atoms with Crippen LogP contribution in [0.1, 0.15) is 5.56 Å². The van der Waals surface area contributed by atoms with Crippen molar-refractivity contribution < 1.29 is 8.42 Å². The number of nitrogens with zero attached hydrogens (tertiary/aromatic N) is 4. The van der Waals surface area contributed by atoms with E-state index in [4.69, 9.17) is 4.98 Å². The Morgan fingerprint density at radius 3 is 2.48 bits per heavy atom. The van der Waals surface area contributed by atoms with E-state index >= 15 is 0 Å². The molecule has 0 spiro atoms. The lowest BCUT2D eigenvalue weighted by Crippen LogP contribution is -2.34. The number of fused-ring (bicyclic) bond motifs is 2. The monoisotopic (exact) mass is 400 g/mol. The molecule has 2 unspecified atom stereocenters. The Balaban J connectivity index is 1.28. The van der Waals surface area contributed by atoms with Crippen LogP contribution in [0.4, 0.5) is 5.13 Å². The molecule has 2 aliphatic rings. The average molecular weight is 401 g/mol. The second kappa shape index (κ2) is 6.54. The molecule has 3 aromatic rings.